The van der Waals surface area contributed by atoms with Crippen LogP contribution in [0.3, 0.4) is 0 Å². The van der Waals surface area contributed by atoms with Crippen molar-refractivity contribution in [3.8, 4) is 0 Å². The van der Waals surface area contributed by atoms with E-state index in [0.717, 1.165) is 7.11 Å². The van der Waals surface area contributed by atoms with Crippen molar-refractivity contribution in [2.45, 2.75) is 12.8 Å². The number of methoxy groups -OCH3 is 1. The Morgan fingerprint density at radius 1 is 1.56 bits per heavy atom. The zero-order valence-corrected chi connectivity index (χ0v) is 8.54. The fraction of sp³-hybridized carbons (Fsp3) is 0.333. The highest BCUT2D eigenvalue weighted by atomic mass is 19.3. The van der Waals surface area contributed by atoms with E-state index < -0.39 is 18.1 Å². The maximum Gasteiger partial charge on any atom is 0.310 e. The van der Waals surface area contributed by atoms with E-state index in [2.05, 4.69) is 9.72 Å². The first kappa shape index (κ1) is 12.2. The van der Waals surface area contributed by atoms with Crippen LogP contribution in [0.5, 0.6) is 0 Å². The molecule has 0 aliphatic rings. The maximum atomic E-state index is 12.6. The van der Waals surface area contributed by atoms with Crippen LogP contribution < -0.4 is 11.5 Å². The third-order valence-corrected chi connectivity index (χ3v) is 1.97. The van der Waals surface area contributed by atoms with Crippen LogP contribution in [0.15, 0.2) is 6.07 Å². The number of nitrogens with two attached hydrogens (primary N) is 2. The molecule has 88 valence electrons. The highest BCUT2D eigenvalue weighted by Crippen LogP contribution is 2.27. The molecule has 0 fully saturated rings. The van der Waals surface area contributed by atoms with Gasteiger partial charge in [0.15, 0.2) is 0 Å². The second kappa shape index (κ2) is 4.73. The standard InChI is InChI=1S/C9H11F2N3O2/c1-16-7(15)2-4-5(12)3-6(13)14-8(4)9(10)11/h3,9H,2H2,1H3,(H4,12,13,14). The van der Waals surface area contributed by atoms with E-state index in [1.54, 1.807) is 0 Å². The molecule has 0 radical (unpaired) electrons. The van der Waals surface area contributed by atoms with Gasteiger partial charge in [0, 0.05) is 17.3 Å². The number of nitrogens with zero attached hydrogens (tertiary/aromatic N) is 1. The Balaban J connectivity index is 3.19. The molecular weight excluding hydrogens is 220 g/mol. The molecule has 0 saturated heterocycles. The van der Waals surface area contributed by atoms with Gasteiger partial charge in [-0.15, -0.1) is 0 Å². The predicted molar refractivity (Wildman–Crippen MR) is 53.7 cm³/mol. The molecule has 0 aliphatic carbocycles. The minimum absolute atomic E-state index is 0.00759. The zero-order chi connectivity index (χ0) is 12.3. The van der Waals surface area contributed by atoms with Gasteiger partial charge in [0.25, 0.3) is 6.43 Å². The number of hydrogen-bond donors (Lipinski definition) is 2. The number of rotatable bonds is 3. The molecule has 0 unspecified atom stereocenters. The van der Waals surface area contributed by atoms with Gasteiger partial charge in [0.1, 0.15) is 11.5 Å². The molecule has 0 amide bonds. The summed E-state index contributed by atoms with van der Waals surface area (Å²) in [6, 6.07) is 1.23. The number of esters is 1. The van der Waals surface area contributed by atoms with E-state index in [4.69, 9.17) is 11.5 Å². The summed E-state index contributed by atoms with van der Waals surface area (Å²) in [4.78, 5) is 14.5. The quantitative estimate of drug-likeness (QED) is 0.754. The van der Waals surface area contributed by atoms with E-state index >= 15 is 0 Å². The van der Waals surface area contributed by atoms with Gasteiger partial charge in [0.2, 0.25) is 0 Å². The maximum absolute atomic E-state index is 12.6. The van der Waals surface area contributed by atoms with Gasteiger partial charge in [-0.05, 0) is 0 Å². The molecule has 0 atom stereocenters. The van der Waals surface area contributed by atoms with Gasteiger partial charge in [-0.25, -0.2) is 13.8 Å². The van der Waals surface area contributed by atoms with Gasteiger partial charge in [0.05, 0.1) is 13.5 Å². The van der Waals surface area contributed by atoms with Crippen molar-refractivity contribution >= 4 is 17.5 Å². The minimum atomic E-state index is -2.84. The molecule has 1 aromatic heterocycles. The Morgan fingerprint density at radius 3 is 2.69 bits per heavy atom. The van der Waals surface area contributed by atoms with E-state index in [1.807, 2.05) is 0 Å². The van der Waals surface area contributed by atoms with Crippen LogP contribution in [-0.4, -0.2) is 18.1 Å². The summed E-state index contributed by atoms with van der Waals surface area (Å²) in [5.74, 6) is -0.776. The van der Waals surface area contributed by atoms with E-state index in [1.165, 1.54) is 6.07 Å². The third kappa shape index (κ3) is 2.56. The van der Waals surface area contributed by atoms with Gasteiger partial charge in [-0.1, -0.05) is 0 Å². The van der Waals surface area contributed by atoms with Crippen LogP contribution >= 0.6 is 0 Å². The zero-order valence-electron chi connectivity index (χ0n) is 8.54. The highest BCUT2D eigenvalue weighted by Gasteiger charge is 2.20. The summed E-state index contributed by atoms with van der Waals surface area (Å²) in [5.41, 5.74) is 10.2. The summed E-state index contributed by atoms with van der Waals surface area (Å²) in [6.07, 6.45) is -3.19. The third-order valence-electron chi connectivity index (χ3n) is 1.97. The lowest BCUT2D eigenvalue weighted by Crippen LogP contribution is -2.12. The lowest BCUT2D eigenvalue weighted by Gasteiger charge is -2.10. The Kier molecular flexibility index (Phi) is 3.60. The number of pyridine rings is 1. The Hall–Kier alpha value is -1.92. The SMILES string of the molecule is COC(=O)Cc1c(N)cc(N)nc1C(F)F. The number of hydrogen-bond acceptors (Lipinski definition) is 5. The van der Waals surface area contributed by atoms with Crippen LogP contribution in [0.2, 0.25) is 0 Å². The number of aromatic nitrogens is 1. The monoisotopic (exact) mass is 231 g/mol. The average molecular weight is 231 g/mol. The fourth-order valence-corrected chi connectivity index (χ4v) is 1.22. The summed E-state index contributed by atoms with van der Waals surface area (Å²) in [7, 11) is 1.16. The van der Waals surface area contributed by atoms with Crippen molar-refractivity contribution in [3.05, 3.63) is 17.3 Å². The van der Waals surface area contributed by atoms with Crippen LogP contribution in [0.4, 0.5) is 20.3 Å². The smallest absolute Gasteiger partial charge is 0.310 e. The molecule has 0 spiro atoms. The largest absolute Gasteiger partial charge is 0.469 e. The summed E-state index contributed by atoms with van der Waals surface area (Å²) in [6.45, 7) is 0. The number of ether oxygens (including phenoxy) is 1. The molecule has 16 heavy (non-hydrogen) atoms. The summed E-state index contributed by atoms with van der Waals surface area (Å²) in [5, 5.41) is 0. The lowest BCUT2D eigenvalue weighted by atomic mass is 10.1. The van der Waals surface area contributed by atoms with Crippen molar-refractivity contribution in [1.29, 1.82) is 0 Å². The van der Waals surface area contributed by atoms with Gasteiger partial charge >= 0.3 is 5.97 Å². The molecule has 0 bridgehead atoms. The van der Waals surface area contributed by atoms with Gasteiger partial charge in [-0.2, -0.15) is 0 Å². The average Bonchev–Trinajstić information content (AvgIpc) is 2.20. The number of halogens is 2. The molecule has 4 N–H and O–H groups in total. The molecule has 1 aromatic rings. The molecule has 1 heterocycles. The second-order valence-electron chi connectivity index (χ2n) is 3.05. The number of alkyl halides is 2. The molecule has 5 nitrogen and oxygen atoms in total. The molecule has 0 aromatic carbocycles. The minimum Gasteiger partial charge on any atom is -0.469 e. The van der Waals surface area contributed by atoms with E-state index in [9.17, 15) is 13.6 Å². The number of carbonyl (C=O) groups is 1. The first-order valence-electron chi connectivity index (χ1n) is 4.35. The topological polar surface area (TPSA) is 91.2 Å². The Morgan fingerprint density at radius 2 is 2.19 bits per heavy atom. The predicted octanol–water partition coefficient (Wildman–Crippen LogP) is 0.899. The van der Waals surface area contributed by atoms with E-state index in [0.29, 0.717) is 0 Å². The Labute approximate surface area is 90.4 Å². The van der Waals surface area contributed by atoms with Crippen molar-refractivity contribution in [3.63, 3.8) is 0 Å². The first-order chi connectivity index (χ1) is 7.45. The normalized spacial score (nSPS) is 10.5. The highest BCUT2D eigenvalue weighted by molar-refractivity contribution is 5.75. The van der Waals surface area contributed by atoms with E-state index in [-0.39, 0.29) is 23.5 Å². The summed E-state index contributed by atoms with van der Waals surface area (Å²) < 4.78 is 29.6. The Bertz CT molecular complexity index is 410. The second-order valence-corrected chi connectivity index (χ2v) is 3.05. The first-order valence-corrected chi connectivity index (χ1v) is 4.35. The van der Waals surface area contributed by atoms with Crippen molar-refractivity contribution in [2.75, 3.05) is 18.6 Å². The van der Waals surface area contributed by atoms with Gasteiger partial charge in [-0.3, -0.25) is 4.79 Å². The molecule has 0 aliphatic heterocycles. The molecule has 7 heteroatoms. The number of carbonyl (C=O) groups excluding carboxylic acids is 1. The molecule has 0 saturated carbocycles. The van der Waals surface area contributed by atoms with Crippen LogP contribution in [0, 0.1) is 0 Å². The van der Waals surface area contributed by atoms with Crippen LogP contribution in [-0.2, 0) is 16.0 Å². The lowest BCUT2D eigenvalue weighted by molar-refractivity contribution is -0.139. The van der Waals surface area contributed by atoms with Gasteiger partial charge < -0.3 is 16.2 Å². The summed E-state index contributed by atoms with van der Waals surface area (Å²) >= 11 is 0. The van der Waals surface area contributed by atoms with Crippen LogP contribution in [0.25, 0.3) is 0 Å². The van der Waals surface area contributed by atoms with Crippen LogP contribution in [0.1, 0.15) is 17.7 Å². The molecule has 1 rings (SSSR count). The number of anilines is 2. The molecular formula is C9H11F2N3O2. The van der Waals surface area contributed by atoms with Crippen molar-refractivity contribution in [1.82, 2.24) is 4.98 Å². The van der Waals surface area contributed by atoms with Crippen molar-refractivity contribution < 1.29 is 18.3 Å². The number of nitrogen functional groups attached to an aromatic ring is 2. The fourth-order valence-electron chi connectivity index (χ4n) is 1.22. The van der Waals surface area contributed by atoms with Crippen molar-refractivity contribution in [2.24, 2.45) is 0 Å².